The van der Waals surface area contributed by atoms with E-state index in [2.05, 4.69) is 29.6 Å². The number of fused-ring (bicyclic) bond motifs is 5. The lowest BCUT2D eigenvalue weighted by molar-refractivity contribution is -0.142. The van der Waals surface area contributed by atoms with E-state index in [1.807, 2.05) is 24.3 Å². The van der Waals surface area contributed by atoms with Crippen LogP contribution in [0.2, 0.25) is 0 Å². The SMILES string of the molecule is O=C(NC1C2CCC(C2)C1C(=O)N1CCC(C(=O)O)C1)OCC1c2ccccc2-c2ccccc21. The van der Waals surface area contributed by atoms with Crippen molar-refractivity contribution in [1.29, 1.82) is 0 Å². The van der Waals surface area contributed by atoms with Gasteiger partial charge in [-0.2, -0.15) is 0 Å². The van der Waals surface area contributed by atoms with Gasteiger partial charge in [0.2, 0.25) is 5.91 Å². The zero-order valence-electron chi connectivity index (χ0n) is 19.6. The van der Waals surface area contributed by atoms with Crippen LogP contribution in [0, 0.1) is 23.7 Å². The first-order valence-electron chi connectivity index (χ1n) is 12.6. The smallest absolute Gasteiger partial charge is 0.407 e. The number of carboxylic acids is 1. The molecule has 2 aromatic carbocycles. The van der Waals surface area contributed by atoms with Crippen LogP contribution in [0.3, 0.4) is 0 Å². The van der Waals surface area contributed by atoms with E-state index >= 15 is 0 Å². The van der Waals surface area contributed by atoms with Gasteiger partial charge in [-0.05, 0) is 59.8 Å². The van der Waals surface area contributed by atoms with Crippen LogP contribution in [0.1, 0.15) is 42.7 Å². The number of rotatable bonds is 5. The number of carbonyl (C=O) groups is 3. The molecule has 2 bridgehead atoms. The molecule has 7 heteroatoms. The van der Waals surface area contributed by atoms with E-state index in [-0.39, 0.29) is 48.8 Å². The topological polar surface area (TPSA) is 95.9 Å². The number of carbonyl (C=O) groups excluding carboxylic acids is 2. The van der Waals surface area contributed by atoms with Crippen LogP contribution in [0.5, 0.6) is 0 Å². The summed E-state index contributed by atoms with van der Waals surface area (Å²) in [6.45, 7) is 0.979. The molecule has 2 amide bonds. The van der Waals surface area contributed by atoms with Crippen molar-refractivity contribution in [1.82, 2.24) is 10.2 Å². The molecule has 2 saturated carbocycles. The number of aliphatic carboxylic acids is 1. The minimum absolute atomic E-state index is 0.00935. The largest absolute Gasteiger partial charge is 0.481 e. The van der Waals surface area contributed by atoms with Crippen molar-refractivity contribution in [2.24, 2.45) is 23.7 Å². The van der Waals surface area contributed by atoms with Crippen molar-refractivity contribution in [3.05, 3.63) is 59.7 Å². The maximum atomic E-state index is 13.4. The number of amides is 2. The van der Waals surface area contributed by atoms with Gasteiger partial charge in [-0.3, -0.25) is 9.59 Å². The van der Waals surface area contributed by atoms with Crippen LogP contribution in [-0.4, -0.2) is 53.7 Å². The van der Waals surface area contributed by atoms with E-state index in [1.165, 1.54) is 11.1 Å². The third-order valence-corrected chi connectivity index (χ3v) is 8.68. The zero-order valence-corrected chi connectivity index (χ0v) is 19.6. The highest BCUT2D eigenvalue weighted by Gasteiger charge is 2.53. The predicted octanol–water partition coefficient (Wildman–Crippen LogP) is 3.87. The number of ether oxygens (including phenoxy) is 1. The number of alkyl carbamates (subject to hydrolysis) is 1. The van der Waals surface area contributed by atoms with Crippen LogP contribution in [0.25, 0.3) is 11.1 Å². The Morgan fingerprint density at radius 1 is 0.943 bits per heavy atom. The molecule has 3 fully saturated rings. The zero-order chi connectivity index (χ0) is 24.1. The van der Waals surface area contributed by atoms with Crippen molar-refractivity contribution < 1.29 is 24.2 Å². The van der Waals surface area contributed by atoms with Gasteiger partial charge in [-0.25, -0.2) is 4.79 Å². The molecule has 1 saturated heterocycles. The van der Waals surface area contributed by atoms with E-state index in [0.29, 0.717) is 13.0 Å². The molecular weight excluding hydrogens is 444 g/mol. The molecule has 2 aromatic rings. The predicted molar refractivity (Wildman–Crippen MR) is 129 cm³/mol. The van der Waals surface area contributed by atoms with Gasteiger partial charge in [0, 0.05) is 25.0 Å². The Hall–Kier alpha value is -3.35. The van der Waals surface area contributed by atoms with Crippen LogP contribution >= 0.6 is 0 Å². The molecule has 1 heterocycles. The first-order valence-corrected chi connectivity index (χ1v) is 12.6. The average Bonchev–Trinajstić information content (AvgIpc) is 3.65. The molecule has 6 rings (SSSR count). The summed E-state index contributed by atoms with van der Waals surface area (Å²) in [6, 6.07) is 16.2. The van der Waals surface area contributed by atoms with E-state index in [0.717, 1.165) is 30.4 Å². The van der Waals surface area contributed by atoms with Gasteiger partial charge in [0.1, 0.15) is 6.61 Å². The van der Waals surface area contributed by atoms with E-state index in [4.69, 9.17) is 4.74 Å². The van der Waals surface area contributed by atoms with Crippen molar-refractivity contribution >= 4 is 18.0 Å². The molecular formula is C28H30N2O5. The lowest BCUT2D eigenvalue weighted by Crippen LogP contribution is -2.50. The second-order valence-corrected chi connectivity index (χ2v) is 10.5. The molecule has 182 valence electrons. The van der Waals surface area contributed by atoms with Gasteiger partial charge >= 0.3 is 12.1 Å². The summed E-state index contributed by atoms with van der Waals surface area (Å²) >= 11 is 0. The van der Waals surface area contributed by atoms with Gasteiger partial charge in [0.25, 0.3) is 0 Å². The molecule has 0 radical (unpaired) electrons. The summed E-state index contributed by atoms with van der Waals surface area (Å²) in [4.78, 5) is 39.4. The quantitative estimate of drug-likeness (QED) is 0.686. The van der Waals surface area contributed by atoms with Crippen LogP contribution in [0.4, 0.5) is 4.79 Å². The minimum Gasteiger partial charge on any atom is -0.481 e. The molecule has 4 aliphatic rings. The minimum atomic E-state index is -0.846. The molecule has 5 unspecified atom stereocenters. The first-order chi connectivity index (χ1) is 17.0. The average molecular weight is 475 g/mol. The molecule has 2 N–H and O–H groups in total. The fourth-order valence-electron chi connectivity index (χ4n) is 7.00. The van der Waals surface area contributed by atoms with Crippen molar-refractivity contribution in [3.63, 3.8) is 0 Å². The Kier molecular flexibility index (Phi) is 5.50. The molecule has 0 spiro atoms. The number of hydrogen-bond donors (Lipinski definition) is 2. The van der Waals surface area contributed by atoms with Crippen LogP contribution in [0.15, 0.2) is 48.5 Å². The van der Waals surface area contributed by atoms with E-state index < -0.39 is 18.0 Å². The summed E-state index contributed by atoms with van der Waals surface area (Å²) in [5.74, 6) is -1.13. The fraction of sp³-hybridized carbons (Fsp3) is 0.464. The number of likely N-dealkylation sites (tertiary alicyclic amines) is 1. The summed E-state index contributed by atoms with van der Waals surface area (Å²) in [6.07, 6.45) is 2.93. The van der Waals surface area contributed by atoms with Gasteiger partial charge in [0.15, 0.2) is 0 Å². The molecule has 5 atom stereocenters. The van der Waals surface area contributed by atoms with Crippen molar-refractivity contribution in [2.45, 2.75) is 37.6 Å². The monoisotopic (exact) mass is 474 g/mol. The lowest BCUT2D eigenvalue weighted by atomic mass is 9.83. The summed E-state index contributed by atoms with van der Waals surface area (Å²) in [5.41, 5.74) is 4.69. The highest BCUT2D eigenvalue weighted by Crippen LogP contribution is 2.49. The lowest BCUT2D eigenvalue weighted by Gasteiger charge is -2.33. The van der Waals surface area contributed by atoms with Gasteiger partial charge < -0.3 is 20.1 Å². The van der Waals surface area contributed by atoms with E-state index in [9.17, 15) is 19.5 Å². The van der Waals surface area contributed by atoms with Gasteiger partial charge in [0.05, 0.1) is 11.8 Å². The number of nitrogens with zero attached hydrogens (tertiary/aromatic N) is 1. The molecule has 3 aliphatic carbocycles. The van der Waals surface area contributed by atoms with Crippen molar-refractivity contribution in [3.8, 4) is 11.1 Å². The third-order valence-electron chi connectivity index (χ3n) is 8.68. The third kappa shape index (κ3) is 3.77. The summed E-state index contributed by atoms with van der Waals surface area (Å²) in [5, 5.41) is 12.4. The standard InChI is InChI=1S/C28H30N2O5/c31-26(30-12-11-18(14-30)27(32)33)24-16-9-10-17(13-16)25(24)29-28(34)35-15-23-21-7-3-1-5-19(21)20-6-2-4-8-22(20)23/h1-8,16-18,23-25H,9-15H2,(H,29,34)(H,32,33). The normalized spacial score (nSPS) is 28.6. The maximum absolute atomic E-state index is 13.4. The highest BCUT2D eigenvalue weighted by atomic mass is 16.5. The molecule has 35 heavy (non-hydrogen) atoms. The highest BCUT2D eigenvalue weighted by molar-refractivity contribution is 5.83. The number of benzene rings is 2. The Balaban J connectivity index is 1.13. The van der Waals surface area contributed by atoms with Crippen molar-refractivity contribution in [2.75, 3.05) is 19.7 Å². The summed E-state index contributed by atoms with van der Waals surface area (Å²) in [7, 11) is 0. The van der Waals surface area contributed by atoms with Crippen LogP contribution < -0.4 is 5.32 Å². The molecule has 1 aliphatic heterocycles. The fourth-order valence-corrected chi connectivity index (χ4v) is 7.00. The molecule has 7 nitrogen and oxygen atoms in total. The number of hydrogen-bond acceptors (Lipinski definition) is 4. The Morgan fingerprint density at radius 2 is 1.60 bits per heavy atom. The Morgan fingerprint density at radius 3 is 2.26 bits per heavy atom. The second kappa shape index (κ2) is 8.70. The Labute approximate surface area is 204 Å². The number of nitrogens with one attached hydrogen (secondary N) is 1. The second-order valence-electron chi connectivity index (χ2n) is 10.5. The first kappa shape index (κ1) is 22.1. The number of carboxylic acid groups (broad SMARTS) is 1. The Bertz CT molecular complexity index is 1130. The van der Waals surface area contributed by atoms with E-state index in [1.54, 1.807) is 4.90 Å². The van der Waals surface area contributed by atoms with Gasteiger partial charge in [-0.15, -0.1) is 0 Å². The summed E-state index contributed by atoms with van der Waals surface area (Å²) < 4.78 is 5.76. The van der Waals surface area contributed by atoms with Gasteiger partial charge in [-0.1, -0.05) is 48.5 Å². The van der Waals surface area contributed by atoms with Crippen LogP contribution in [-0.2, 0) is 14.3 Å². The molecule has 0 aromatic heterocycles. The maximum Gasteiger partial charge on any atom is 0.407 e.